The summed E-state index contributed by atoms with van der Waals surface area (Å²) in [6.45, 7) is 1.93. The number of ether oxygens (including phenoxy) is 1. The van der Waals surface area contributed by atoms with E-state index in [-0.39, 0.29) is 6.61 Å². The van der Waals surface area contributed by atoms with Crippen molar-refractivity contribution in [2.75, 3.05) is 25.0 Å². The molecule has 5 aromatic rings. The van der Waals surface area contributed by atoms with Crippen LogP contribution >= 0.6 is 22.9 Å². The Hall–Kier alpha value is -4.04. The molecule has 0 atom stereocenters. The molecule has 4 N–H and O–H groups in total. The SMILES string of the molecule is O=C(O)C(F)(F)F.OCCNCCc1ccc2c(c1)sc1ncnc(Nc3ccc(OCc4ccccn4)c(Cl)c3)c12. The Balaban J connectivity index is 0.000000517. The second kappa shape index (κ2) is 14.2. The second-order valence-electron chi connectivity index (χ2n) is 8.74. The Labute approximate surface area is 247 Å². The molecule has 2 aromatic carbocycles. The van der Waals surface area contributed by atoms with E-state index in [4.69, 9.17) is 31.3 Å². The van der Waals surface area contributed by atoms with Gasteiger partial charge in [-0.1, -0.05) is 29.8 Å². The van der Waals surface area contributed by atoms with E-state index in [9.17, 15) is 13.2 Å². The predicted octanol–water partition coefficient (Wildman–Crippen LogP) is 5.97. The fourth-order valence-corrected chi connectivity index (χ4v) is 5.15. The van der Waals surface area contributed by atoms with Crippen LogP contribution in [-0.2, 0) is 17.8 Å². The van der Waals surface area contributed by atoms with E-state index in [0.29, 0.717) is 23.9 Å². The number of halogens is 4. The van der Waals surface area contributed by atoms with E-state index < -0.39 is 12.1 Å². The number of thiophene rings is 1. The maximum Gasteiger partial charge on any atom is 0.490 e. The fraction of sp³-hybridized carbons (Fsp3) is 0.214. The topological polar surface area (TPSA) is 129 Å². The molecule has 0 bridgehead atoms. The minimum atomic E-state index is -5.08. The van der Waals surface area contributed by atoms with Crippen molar-refractivity contribution in [2.45, 2.75) is 19.2 Å². The van der Waals surface area contributed by atoms with E-state index in [1.165, 1.54) is 10.3 Å². The molecule has 0 unspecified atom stereocenters. The van der Waals surface area contributed by atoms with E-state index in [2.05, 4.69) is 43.8 Å². The number of hydrogen-bond donors (Lipinski definition) is 4. The number of carbonyl (C=O) groups is 1. The number of rotatable bonds is 10. The van der Waals surface area contributed by atoms with Gasteiger partial charge in [-0.15, -0.1) is 11.3 Å². The minimum absolute atomic E-state index is 0.149. The van der Waals surface area contributed by atoms with Gasteiger partial charge >= 0.3 is 12.1 Å². The number of pyridine rings is 1. The summed E-state index contributed by atoms with van der Waals surface area (Å²) in [6, 6.07) is 17.8. The molecule has 3 heterocycles. The van der Waals surface area contributed by atoms with Gasteiger partial charge in [0.25, 0.3) is 0 Å². The molecule has 0 aliphatic rings. The number of fused-ring (bicyclic) bond motifs is 3. The number of nitrogens with zero attached hydrogens (tertiary/aromatic N) is 3. The first-order chi connectivity index (χ1) is 20.2. The number of aromatic nitrogens is 3. The molecule has 3 aromatic heterocycles. The average Bonchev–Trinajstić information content (AvgIpc) is 3.34. The highest BCUT2D eigenvalue weighted by atomic mass is 35.5. The van der Waals surface area contributed by atoms with Crippen LogP contribution in [-0.4, -0.2) is 57.0 Å². The van der Waals surface area contributed by atoms with Gasteiger partial charge in [0.15, 0.2) is 0 Å². The average molecular weight is 620 g/mol. The van der Waals surface area contributed by atoms with Gasteiger partial charge in [0.2, 0.25) is 0 Å². The van der Waals surface area contributed by atoms with Crippen molar-refractivity contribution in [3.63, 3.8) is 0 Å². The summed E-state index contributed by atoms with van der Waals surface area (Å²) in [7, 11) is 0. The maximum atomic E-state index is 10.6. The molecule has 9 nitrogen and oxygen atoms in total. The molecular formula is C28H25ClF3N5O4S. The van der Waals surface area contributed by atoms with Crippen LogP contribution in [0.15, 0.2) is 67.1 Å². The van der Waals surface area contributed by atoms with Gasteiger partial charge < -0.3 is 25.6 Å². The third-order valence-corrected chi connectivity index (χ3v) is 7.11. The molecule has 0 spiro atoms. The Morgan fingerprint density at radius 1 is 1.05 bits per heavy atom. The number of aliphatic carboxylic acids is 1. The number of anilines is 2. The zero-order valence-electron chi connectivity index (χ0n) is 21.9. The molecule has 0 fully saturated rings. The zero-order valence-corrected chi connectivity index (χ0v) is 23.4. The predicted molar refractivity (Wildman–Crippen MR) is 156 cm³/mol. The van der Waals surface area contributed by atoms with Crippen molar-refractivity contribution in [3.05, 3.63) is 83.4 Å². The molecule has 0 radical (unpaired) electrons. The van der Waals surface area contributed by atoms with Crippen molar-refractivity contribution >= 4 is 60.7 Å². The fourth-order valence-electron chi connectivity index (χ4n) is 3.81. The standard InChI is InChI=1S/C26H24ClN5O2S.C2HF3O2/c27-21-14-18(5-7-22(21)34-15-19-3-1-2-9-29-19)32-25-24-20-6-4-17(8-10-28-11-12-33)13-23(20)35-26(24)31-16-30-25;3-2(4,5)1(6)7/h1-7,9,13-14,16,28,33H,8,10-12,15H2,(H,30,31,32);(H,6,7). The van der Waals surface area contributed by atoms with Crippen molar-refractivity contribution in [3.8, 4) is 5.75 Å². The molecule has 42 heavy (non-hydrogen) atoms. The number of aliphatic hydroxyl groups excluding tert-OH is 1. The van der Waals surface area contributed by atoms with Crippen LogP contribution in [0.2, 0.25) is 5.02 Å². The Kier molecular flexibility index (Phi) is 10.5. The molecule has 0 aliphatic carbocycles. The summed E-state index contributed by atoms with van der Waals surface area (Å²) in [4.78, 5) is 23.1. The number of benzene rings is 2. The van der Waals surface area contributed by atoms with Crippen LogP contribution in [0.5, 0.6) is 5.75 Å². The van der Waals surface area contributed by atoms with Crippen LogP contribution in [0.3, 0.4) is 0 Å². The van der Waals surface area contributed by atoms with Gasteiger partial charge in [-0.25, -0.2) is 14.8 Å². The zero-order chi connectivity index (χ0) is 30.1. The first kappa shape index (κ1) is 30.9. The smallest absolute Gasteiger partial charge is 0.486 e. The van der Waals surface area contributed by atoms with Crippen molar-refractivity contribution < 1.29 is 32.9 Å². The van der Waals surface area contributed by atoms with E-state index >= 15 is 0 Å². The molecule has 0 saturated heterocycles. The number of nitrogens with one attached hydrogen (secondary N) is 2. The van der Waals surface area contributed by atoms with Gasteiger partial charge in [0, 0.05) is 28.5 Å². The normalized spacial score (nSPS) is 11.3. The highest BCUT2D eigenvalue weighted by molar-refractivity contribution is 7.25. The highest BCUT2D eigenvalue weighted by Crippen LogP contribution is 2.38. The van der Waals surface area contributed by atoms with Crippen LogP contribution in [0.25, 0.3) is 20.3 Å². The molecule has 220 valence electrons. The number of hydrogen-bond acceptors (Lipinski definition) is 9. The second-order valence-corrected chi connectivity index (χ2v) is 10.2. The first-order valence-corrected chi connectivity index (χ1v) is 13.7. The number of carboxylic acids is 1. The maximum absolute atomic E-state index is 10.6. The summed E-state index contributed by atoms with van der Waals surface area (Å²) >= 11 is 8.15. The van der Waals surface area contributed by atoms with Crippen molar-refractivity contribution in [1.29, 1.82) is 0 Å². The molecule has 14 heteroatoms. The van der Waals surface area contributed by atoms with E-state index in [1.807, 2.05) is 36.4 Å². The van der Waals surface area contributed by atoms with E-state index in [0.717, 1.165) is 45.8 Å². The Morgan fingerprint density at radius 3 is 2.55 bits per heavy atom. The number of aliphatic hydroxyl groups is 1. The van der Waals surface area contributed by atoms with Gasteiger partial charge in [-0.3, -0.25) is 4.98 Å². The van der Waals surface area contributed by atoms with Crippen molar-refractivity contribution in [2.24, 2.45) is 0 Å². The van der Waals surface area contributed by atoms with Crippen molar-refractivity contribution in [1.82, 2.24) is 20.3 Å². The first-order valence-electron chi connectivity index (χ1n) is 12.5. The Morgan fingerprint density at radius 2 is 1.86 bits per heavy atom. The summed E-state index contributed by atoms with van der Waals surface area (Å²) in [5.74, 6) is -1.43. The van der Waals surface area contributed by atoms with Crippen LogP contribution in [0.1, 0.15) is 11.3 Å². The third kappa shape index (κ3) is 8.26. The van der Waals surface area contributed by atoms with Crippen LogP contribution in [0.4, 0.5) is 24.7 Å². The summed E-state index contributed by atoms with van der Waals surface area (Å²) in [6.07, 6.45) is -0.874. The minimum Gasteiger partial charge on any atom is -0.486 e. The quantitative estimate of drug-likeness (QED) is 0.140. The lowest BCUT2D eigenvalue weighted by Crippen LogP contribution is -2.21. The lowest BCUT2D eigenvalue weighted by Gasteiger charge is -2.11. The lowest BCUT2D eigenvalue weighted by molar-refractivity contribution is -0.192. The largest absolute Gasteiger partial charge is 0.490 e. The lowest BCUT2D eigenvalue weighted by atomic mass is 10.1. The third-order valence-electron chi connectivity index (χ3n) is 5.75. The van der Waals surface area contributed by atoms with Crippen LogP contribution in [0, 0.1) is 0 Å². The molecular weight excluding hydrogens is 595 g/mol. The highest BCUT2D eigenvalue weighted by Gasteiger charge is 2.38. The van der Waals surface area contributed by atoms with Gasteiger partial charge in [-0.2, -0.15) is 13.2 Å². The molecule has 0 amide bonds. The van der Waals surface area contributed by atoms with E-state index in [1.54, 1.807) is 23.9 Å². The number of alkyl halides is 3. The Bertz CT molecular complexity index is 1650. The monoisotopic (exact) mass is 619 g/mol. The van der Waals surface area contributed by atoms with Gasteiger partial charge in [0.1, 0.15) is 29.3 Å². The summed E-state index contributed by atoms with van der Waals surface area (Å²) in [5, 5.41) is 25.3. The van der Waals surface area contributed by atoms with Gasteiger partial charge in [-0.05, 0) is 54.9 Å². The molecule has 5 rings (SSSR count). The van der Waals surface area contributed by atoms with Gasteiger partial charge in [0.05, 0.1) is 22.7 Å². The van der Waals surface area contributed by atoms with Crippen LogP contribution < -0.4 is 15.4 Å². The summed E-state index contributed by atoms with van der Waals surface area (Å²) in [5.41, 5.74) is 2.89. The molecule has 0 aliphatic heterocycles. The molecule has 0 saturated carbocycles. The number of carboxylic acid groups (broad SMARTS) is 1. The summed E-state index contributed by atoms with van der Waals surface area (Å²) < 4.78 is 38.7.